The van der Waals surface area contributed by atoms with E-state index in [-0.39, 0.29) is 23.2 Å². The molecular formula is C16H9BrF3NO3. The van der Waals surface area contributed by atoms with E-state index in [1.807, 2.05) is 0 Å². The minimum Gasteiger partial charge on any atom is -0.405 e. The van der Waals surface area contributed by atoms with Gasteiger partial charge in [-0.25, -0.2) is 0 Å². The van der Waals surface area contributed by atoms with E-state index < -0.39 is 23.9 Å². The second-order valence-corrected chi connectivity index (χ2v) is 5.96. The summed E-state index contributed by atoms with van der Waals surface area (Å²) in [4.78, 5) is 25.5. The lowest BCUT2D eigenvalue weighted by atomic mass is 10.1. The number of carbonyl (C=O) groups is 2. The van der Waals surface area contributed by atoms with Gasteiger partial charge in [-0.15, -0.1) is 13.2 Å². The second kappa shape index (κ2) is 5.94. The van der Waals surface area contributed by atoms with Crippen molar-refractivity contribution in [2.24, 2.45) is 0 Å². The van der Waals surface area contributed by atoms with Crippen LogP contribution in [-0.4, -0.2) is 23.1 Å². The first-order valence-electron chi connectivity index (χ1n) is 6.75. The number of amides is 2. The van der Waals surface area contributed by atoms with Gasteiger partial charge in [0.05, 0.1) is 17.7 Å². The van der Waals surface area contributed by atoms with Gasteiger partial charge in [-0.1, -0.05) is 28.1 Å². The van der Waals surface area contributed by atoms with Crippen molar-refractivity contribution in [1.82, 2.24) is 4.90 Å². The molecule has 3 rings (SSSR count). The number of hydrogen-bond acceptors (Lipinski definition) is 3. The predicted octanol–water partition coefficient (Wildman–Crippen LogP) is 4.14. The highest BCUT2D eigenvalue weighted by atomic mass is 79.9. The zero-order chi connectivity index (χ0) is 17.5. The summed E-state index contributed by atoms with van der Waals surface area (Å²) in [5, 5.41) is 0. The maximum Gasteiger partial charge on any atom is 0.573 e. The fraction of sp³-hybridized carbons (Fsp3) is 0.125. The van der Waals surface area contributed by atoms with Crippen molar-refractivity contribution >= 4 is 27.7 Å². The van der Waals surface area contributed by atoms with Gasteiger partial charge < -0.3 is 4.74 Å². The molecule has 24 heavy (non-hydrogen) atoms. The number of imide groups is 1. The van der Waals surface area contributed by atoms with Crippen LogP contribution in [0.1, 0.15) is 26.3 Å². The number of rotatable bonds is 3. The molecule has 124 valence electrons. The number of hydrogen-bond donors (Lipinski definition) is 0. The molecule has 0 fully saturated rings. The van der Waals surface area contributed by atoms with Gasteiger partial charge in [-0.05, 0) is 30.3 Å². The highest BCUT2D eigenvalue weighted by Crippen LogP contribution is 2.32. The minimum atomic E-state index is -4.87. The van der Waals surface area contributed by atoms with Crippen LogP contribution in [0.25, 0.3) is 0 Å². The van der Waals surface area contributed by atoms with Crippen molar-refractivity contribution in [2.75, 3.05) is 0 Å². The highest BCUT2D eigenvalue weighted by Gasteiger charge is 2.37. The fourth-order valence-electron chi connectivity index (χ4n) is 2.45. The summed E-state index contributed by atoms with van der Waals surface area (Å²) in [7, 11) is 0. The highest BCUT2D eigenvalue weighted by molar-refractivity contribution is 9.10. The van der Waals surface area contributed by atoms with Gasteiger partial charge in [0, 0.05) is 10.0 Å². The number of fused-ring (bicyclic) bond motifs is 1. The summed E-state index contributed by atoms with van der Waals surface area (Å²) >= 11 is 3.16. The molecule has 0 bridgehead atoms. The average molecular weight is 400 g/mol. The molecule has 8 heteroatoms. The van der Waals surface area contributed by atoms with Crippen LogP contribution in [0.4, 0.5) is 13.2 Å². The third kappa shape index (κ3) is 3.14. The molecule has 2 aromatic carbocycles. The van der Waals surface area contributed by atoms with Crippen molar-refractivity contribution < 1.29 is 27.5 Å². The monoisotopic (exact) mass is 399 g/mol. The van der Waals surface area contributed by atoms with E-state index in [9.17, 15) is 22.8 Å². The summed E-state index contributed by atoms with van der Waals surface area (Å²) in [5.74, 6) is -1.55. The molecule has 0 spiro atoms. The Bertz CT molecular complexity index is 801. The van der Waals surface area contributed by atoms with Crippen LogP contribution in [0, 0.1) is 0 Å². The molecule has 0 unspecified atom stereocenters. The Hall–Kier alpha value is -2.35. The van der Waals surface area contributed by atoms with Crippen molar-refractivity contribution in [2.45, 2.75) is 12.9 Å². The molecule has 4 nitrogen and oxygen atoms in total. The molecular weight excluding hydrogens is 391 g/mol. The average Bonchev–Trinajstić information content (AvgIpc) is 2.74. The fourth-order valence-corrected chi connectivity index (χ4v) is 2.86. The third-order valence-electron chi connectivity index (χ3n) is 3.45. The Morgan fingerprint density at radius 3 is 2.12 bits per heavy atom. The van der Waals surface area contributed by atoms with Gasteiger partial charge in [-0.2, -0.15) is 0 Å². The van der Waals surface area contributed by atoms with Gasteiger partial charge in [0.15, 0.2) is 0 Å². The first kappa shape index (κ1) is 16.5. The normalized spacial score (nSPS) is 14.1. The Morgan fingerprint density at radius 2 is 1.58 bits per heavy atom. The predicted molar refractivity (Wildman–Crippen MR) is 81.5 cm³/mol. The molecule has 0 saturated carbocycles. The first-order valence-corrected chi connectivity index (χ1v) is 7.55. The second-order valence-electron chi connectivity index (χ2n) is 5.04. The number of benzene rings is 2. The summed E-state index contributed by atoms with van der Waals surface area (Å²) < 4.78 is 42.0. The van der Waals surface area contributed by atoms with Crippen LogP contribution in [-0.2, 0) is 6.54 Å². The molecule has 0 aliphatic carbocycles. The molecule has 1 aliphatic rings. The molecule has 2 amide bonds. The van der Waals surface area contributed by atoms with E-state index in [1.165, 1.54) is 24.3 Å². The van der Waals surface area contributed by atoms with Crippen molar-refractivity contribution in [3.8, 4) is 5.75 Å². The van der Waals surface area contributed by atoms with E-state index >= 15 is 0 Å². The number of alkyl halides is 3. The SMILES string of the molecule is O=C1c2ccccc2C(=O)N1Cc1cc(Br)ccc1OC(F)(F)F. The van der Waals surface area contributed by atoms with E-state index in [1.54, 1.807) is 12.1 Å². The van der Waals surface area contributed by atoms with Crippen molar-refractivity contribution in [3.05, 3.63) is 63.6 Å². The topological polar surface area (TPSA) is 46.6 Å². The first-order chi connectivity index (χ1) is 11.3. The maximum absolute atomic E-state index is 12.5. The summed E-state index contributed by atoms with van der Waals surface area (Å²) in [6.45, 7) is -0.322. The van der Waals surface area contributed by atoms with Crippen LogP contribution < -0.4 is 4.74 Å². The lowest BCUT2D eigenvalue weighted by Gasteiger charge is -2.18. The molecule has 1 heterocycles. The smallest absolute Gasteiger partial charge is 0.405 e. The molecule has 0 aromatic heterocycles. The molecule has 2 aromatic rings. The number of carbonyl (C=O) groups excluding carboxylic acids is 2. The summed E-state index contributed by atoms with van der Waals surface area (Å²) in [6, 6.07) is 10.1. The van der Waals surface area contributed by atoms with E-state index in [0.717, 1.165) is 11.0 Å². The molecule has 0 atom stereocenters. The van der Waals surface area contributed by atoms with Crippen LogP contribution in [0.15, 0.2) is 46.9 Å². The Kier molecular flexibility index (Phi) is 4.08. The molecule has 0 radical (unpaired) electrons. The van der Waals surface area contributed by atoms with Gasteiger partial charge in [0.25, 0.3) is 11.8 Å². The third-order valence-corrected chi connectivity index (χ3v) is 3.95. The van der Waals surface area contributed by atoms with Crippen LogP contribution in [0.3, 0.4) is 0 Å². The lowest BCUT2D eigenvalue weighted by Crippen LogP contribution is -2.29. The summed E-state index contributed by atoms with van der Waals surface area (Å²) in [5.41, 5.74) is 0.530. The number of nitrogens with zero attached hydrogens (tertiary/aromatic N) is 1. The lowest BCUT2D eigenvalue weighted by molar-refractivity contribution is -0.274. The van der Waals surface area contributed by atoms with Crippen molar-refractivity contribution in [3.63, 3.8) is 0 Å². The van der Waals surface area contributed by atoms with Gasteiger partial charge in [0.2, 0.25) is 0 Å². The van der Waals surface area contributed by atoms with Gasteiger partial charge in [-0.3, -0.25) is 14.5 Å². The molecule has 1 aliphatic heterocycles. The van der Waals surface area contributed by atoms with E-state index in [4.69, 9.17) is 0 Å². The number of halogens is 4. The zero-order valence-corrected chi connectivity index (χ0v) is 13.5. The molecule has 0 N–H and O–H groups in total. The Balaban J connectivity index is 1.94. The van der Waals surface area contributed by atoms with Crippen LogP contribution in [0.5, 0.6) is 5.75 Å². The molecule has 0 saturated heterocycles. The quantitative estimate of drug-likeness (QED) is 0.728. The Morgan fingerprint density at radius 1 is 1.00 bits per heavy atom. The Labute approximate surface area is 143 Å². The standard InChI is InChI=1S/C16H9BrF3NO3/c17-10-5-6-13(24-16(18,19)20)9(7-10)8-21-14(22)11-3-1-2-4-12(11)15(21)23/h1-7H,8H2. The van der Waals surface area contributed by atoms with E-state index in [0.29, 0.717) is 4.47 Å². The van der Waals surface area contributed by atoms with Gasteiger partial charge >= 0.3 is 6.36 Å². The number of ether oxygens (including phenoxy) is 1. The zero-order valence-electron chi connectivity index (χ0n) is 11.9. The minimum absolute atomic E-state index is 0.0659. The summed E-state index contributed by atoms with van der Waals surface area (Å²) in [6.07, 6.45) is -4.87. The largest absolute Gasteiger partial charge is 0.573 e. The van der Waals surface area contributed by atoms with E-state index in [2.05, 4.69) is 20.7 Å². The van der Waals surface area contributed by atoms with Gasteiger partial charge in [0.1, 0.15) is 5.75 Å². The van der Waals surface area contributed by atoms with Crippen molar-refractivity contribution in [1.29, 1.82) is 0 Å². The van der Waals surface area contributed by atoms with Crippen LogP contribution in [0.2, 0.25) is 0 Å². The maximum atomic E-state index is 12.5. The van der Waals surface area contributed by atoms with Crippen LogP contribution >= 0.6 is 15.9 Å².